The van der Waals surface area contributed by atoms with Gasteiger partial charge in [-0.05, 0) is 26.7 Å². The van der Waals surface area contributed by atoms with Gasteiger partial charge in [-0.3, -0.25) is 9.82 Å². The van der Waals surface area contributed by atoms with Crippen molar-refractivity contribution in [3.05, 3.63) is 11.3 Å². The Balaban J connectivity index is 0.000000321. The maximum absolute atomic E-state index is 12.4. The molecule has 4 N–H and O–H groups in total. The van der Waals surface area contributed by atoms with E-state index in [1.807, 2.05) is 0 Å². The first kappa shape index (κ1) is 21.5. The summed E-state index contributed by atoms with van der Waals surface area (Å²) >= 11 is 0. The minimum absolute atomic E-state index is 0.184. The van der Waals surface area contributed by atoms with Gasteiger partial charge in [-0.2, -0.15) is 18.3 Å². The normalized spacial score (nSPS) is 19.7. The molecule has 1 aromatic rings. The minimum atomic E-state index is -5.08. The lowest BCUT2D eigenvalue weighted by molar-refractivity contribution is -0.192. The smallest absolute Gasteiger partial charge is 0.475 e. The number of nitrogens with zero attached hydrogens (tertiary/aromatic N) is 1. The molecule has 2 aliphatic rings. The zero-order valence-electron chi connectivity index (χ0n) is 15.0. The minimum Gasteiger partial charge on any atom is -0.475 e. The molecule has 0 spiro atoms. The zero-order valence-corrected chi connectivity index (χ0v) is 15.8. The SMILES string of the molecule is CC1(C)NCc2c(NS(=O)(=O)C3CCCCC3)n[nH]c21.O=C(O)C(F)(F)F. The average Bonchev–Trinajstić information content (AvgIpc) is 3.09. The lowest BCUT2D eigenvalue weighted by Crippen LogP contribution is -2.30. The second-order valence-corrected chi connectivity index (χ2v) is 9.08. The largest absolute Gasteiger partial charge is 0.490 e. The number of sulfonamides is 1. The number of aromatic nitrogens is 2. The highest BCUT2D eigenvalue weighted by Crippen LogP contribution is 2.34. The van der Waals surface area contributed by atoms with Crippen molar-refractivity contribution in [2.45, 2.75) is 69.5 Å². The third kappa shape index (κ3) is 5.12. The first-order chi connectivity index (χ1) is 12.3. The van der Waals surface area contributed by atoms with Crippen molar-refractivity contribution in [2.75, 3.05) is 4.72 Å². The first-order valence-corrected chi connectivity index (χ1v) is 10.0. The van der Waals surface area contributed by atoms with E-state index in [4.69, 9.17) is 9.90 Å². The predicted octanol–water partition coefficient (Wildman–Crippen LogP) is 2.46. The molecule has 0 atom stereocenters. The van der Waals surface area contributed by atoms with Crippen LogP contribution in [0.1, 0.15) is 57.2 Å². The van der Waals surface area contributed by atoms with E-state index in [1.165, 1.54) is 0 Å². The quantitative estimate of drug-likeness (QED) is 0.605. The van der Waals surface area contributed by atoms with Gasteiger partial charge in [0.25, 0.3) is 0 Å². The number of H-pyrrole nitrogens is 1. The summed E-state index contributed by atoms with van der Waals surface area (Å²) in [5.41, 5.74) is 1.73. The summed E-state index contributed by atoms with van der Waals surface area (Å²) in [6.07, 6.45) is -0.434. The molecule has 27 heavy (non-hydrogen) atoms. The van der Waals surface area contributed by atoms with E-state index >= 15 is 0 Å². The van der Waals surface area contributed by atoms with Gasteiger partial charge in [0.15, 0.2) is 5.82 Å². The van der Waals surface area contributed by atoms with Gasteiger partial charge in [-0.15, -0.1) is 0 Å². The van der Waals surface area contributed by atoms with Crippen LogP contribution in [0.25, 0.3) is 0 Å². The topological polar surface area (TPSA) is 124 Å². The zero-order chi connectivity index (χ0) is 20.5. The van der Waals surface area contributed by atoms with Gasteiger partial charge >= 0.3 is 12.1 Å². The molecule has 2 heterocycles. The lowest BCUT2D eigenvalue weighted by Gasteiger charge is -2.21. The van der Waals surface area contributed by atoms with Crippen molar-refractivity contribution >= 4 is 21.8 Å². The Bertz CT molecular complexity index is 783. The second kappa shape index (κ2) is 7.66. The first-order valence-electron chi connectivity index (χ1n) is 8.49. The molecule has 154 valence electrons. The third-order valence-corrected chi connectivity index (χ3v) is 6.50. The Hall–Kier alpha value is -1.82. The molecule has 1 fully saturated rings. The van der Waals surface area contributed by atoms with Gasteiger partial charge in [0.05, 0.1) is 16.5 Å². The highest BCUT2D eigenvalue weighted by Gasteiger charge is 2.38. The van der Waals surface area contributed by atoms with Gasteiger partial charge in [-0.1, -0.05) is 19.3 Å². The summed E-state index contributed by atoms with van der Waals surface area (Å²) in [4.78, 5) is 8.90. The fourth-order valence-corrected chi connectivity index (χ4v) is 4.69. The Morgan fingerprint density at radius 3 is 2.33 bits per heavy atom. The van der Waals surface area contributed by atoms with Gasteiger partial charge < -0.3 is 10.4 Å². The number of rotatable bonds is 3. The van der Waals surface area contributed by atoms with Crippen LogP contribution in [0.4, 0.5) is 19.0 Å². The number of fused-ring (bicyclic) bond motifs is 1. The number of aromatic amines is 1. The summed E-state index contributed by atoms with van der Waals surface area (Å²) in [5, 5.41) is 17.3. The van der Waals surface area contributed by atoms with E-state index in [-0.39, 0.29) is 10.8 Å². The van der Waals surface area contributed by atoms with Crippen molar-refractivity contribution in [3.63, 3.8) is 0 Å². The molecule has 1 aromatic heterocycles. The Morgan fingerprint density at radius 2 is 1.81 bits per heavy atom. The van der Waals surface area contributed by atoms with Crippen molar-refractivity contribution in [2.24, 2.45) is 0 Å². The molecule has 8 nitrogen and oxygen atoms in total. The van der Waals surface area contributed by atoms with E-state index in [0.29, 0.717) is 12.4 Å². The number of alkyl halides is 3. The van der Waals surface area contributed by atoms with E-state index in [0.717, 1.165) is 43.4 Å². The van der Waals surface area contributed by atoms with Crippen molar-refractivity contribution in [1.82, 2.24) is 15.5 Å². The molecular formula is C15H23F3N4O4S. The third-order valence-electron chi connectivity index (χ3n) is 4.67. The van der Waals surface area contributed by atoms with Crippen molar-refractivity contribution < 1.29 is 31.5 Å². The van der Waals surface area contributed by atoms with Gasteiger partial charge in [0.2, 0.25) is 10.0 Å². The van der Waals surface area contributed by atoms with Crippen LogP contribution in [0.2, 0.25) is 0 Å². The fraction of sp³-hybridized carbons (Fsp3) is 0.733. The van der Waals surface area contributed by atoms with Crippen LogP contribution >= 0.6 is 0 Å². The summed E-state index contributed by atoms with van der Waals surface area (Å²) in [6, 6.07) is 0. The molecule has 3 rings (SSSR count). The van der Waals surface area contributed by atoms with Gasteiger partial charge in [0.1, 0.15) is 0 Å². The number of carbonyl (C=O) groups is 1. The van der Waals surface area contributed by atoms with Crippen LogP contribution in [-0.2, 0) is 26.9 Å². The lowest BCUT2D eigenvalue weighted by atomic mass is 10.0. The molecule has 1 aliphatic heterocycles. The summed E-state index contributed by atoms with van der Waals surface area (Å²) in [6.45, 7) is 4.74. The molecule has 12 heteroatoms. The van der Waals surface area contributed by atoms with Gasteiger partial charge in [-0.25, -0.2) is 13.2 Å². The van der Waals surface area contributed by atoms with Crippen LogP contribution in [0.5, 0.6) is 0 Å². The van der Waals surface area contributed by atoms with Crippen molar-refractivity contribution in [3.8, 4) is 0 Å². The number of halogens is 3. The molecule has 0 unspecified atom stereocenters. The second-order valence-electron chi connectivity index (χ2n) is 7.11. The number of aliphatic carboxylic acids is 1. The van der Waals surface area contributed by atoms with Crippen LogP contribution < -0.4 is 10.0 Å². The molecule has 1 aliphatic carbocycles. The van der Waals surface area contributed by atoms with Crippen LogP contribution in [0, 0.1) is 0 Å². The van der Waals surface area contributed by atoms with E-state index in [1.54, 1.807) is 0 Å². The van der Waals surface area contributed by atoms with Crippen LogP contribution in [0.15, 0.2) is 0 Å². The number of hydrogen-bond acceptors (Lipinski definition) is 5. The van der Waals surface area contributed by atoms with E-state index < -0.39 is 22.2 Å². The fourth-order valence-electron chi connectivity index (χ4n) is 3.13. The maximum atomic E-state index is 12.4. The number of carboxylic acid groups (broad SMARTS) is 1. The number of carboxylic acids is 1. The summed E-state index contributed by atoms with van der Waals surface area (Å²) < 4.78 is 59.3. The van der Waals surface area contributed by atoms with E-state index in [9.17, 15) is 21.6 Å². The molecule has 0 aromatic carbocycles. The highest BCUT2D eigenvalue weighted by molar-refractivity contribution is 7.93. The Morgan fingerprint density at radius 1 is 1.26 bits per heavy atom. The molecule has 0 bridgehead atoms. The number of anilines is 1. The van der Waals surface area contributed by atoms with E-state index in [2.05, 4.69) is 34.1 Å². The average molecular weight is 412 g/mol. The molecule has 0 amide bonds. The number of nitrogens with one attached hydrogen (secondary N) is 3. The maximum Gasteiger partial charge on any atom is 0.490 e. The molecule has 1 saturated carbocycles. The Labute approximate surface area is 155 Å². The molecule has 0 radical (unpaired) electrons. The highest BCUT2D eigenvalue weighted by atomic mass is 32.2. The van der Waals surface area contributed by atoms with Gasteiger partial charge in [0, 0.05) is 12.1 Å². The van der Waals surface area contributed by atoms with Crippen LogP contribution in [0.3, 0.4) is 0 Å². The molecular weight excluding hydrogens is 389 g/mol. The summed E-state index contributed by atoms with van der Waals surface area (Å²) in [5.74, 6) is -2.30. The van der Waals surface area contributed by atoms with Crippen molar-refractivity contribution in [1.29, 1.82) is 0 Å². The molecule has 0 saturated heterocycles. The predicted molar refractivity (Wildman–Crippen MR) is 91.6 cm³/mol. The Kier molecular flexibility index (Phi) is 6.10. The van der Waals surface area contributed by atoms with Crippen LogP contribution in [-0.4, -0.2) is 41.1 Å². The monoisotopic (exact) mass is 412 g/mol. The number of hydrogen-bond donors (Lipinski definition) is 4. The summed E-state index contributed by atoms with van der Waals surface area (Å²) in [7, 11) is -3.33. The standard InChI is InChI=1S/C13H22N4O2S.C2HF3O2/c1-13(2)11-10(8-14-13)12(16-15-11)17-20(18,19)9-6-4-3-5-7-9;3-2(4,5)1(6)7/h9,14H,3-8H2,1-2H3,(H2,15,16,17);(H,6,7).